The van der Waals surface area contributed by atoms with Crippen molar-refractivity contribution in [2.24, 2.45) is 28.0 Å². The van der Waals surface area contributed by atoms with Crippen LogP contribution in [0.25, 0.3) is 0 Å². The molecule has 0 rings (SSSR count). The summed E-state index contributed by atoms with van der Waals surface area (Å²) in [5, 5.41) is 3.71. The number of nitrogens with two attached hydrogens (primary N) is 2. The summed E-state index contributed by atoms with van der Waals surface area (Å²) in [5.74, 6) is 5.76. The van der Waals surface area contributed by atoms with E-state index in [0.717, 1.165) is 0 Å². The number of nitrogens with zero attached hydrogens (tertiary/aromatic N) is 1. The Hall–Kier alpha value is -0.770. The summed E-state index contributed by atoms with van der Waals surface area (Å²) in [6.45, 7) is 8.35. The van der Waals surface area contributed by atoms with Gasteiger partial charge in [0.2, 0.25) is 0 Å². The molecule has 0 amide bonds. The van der Waals surface area contributed by atoms with Crippen LogP contribution in [0.1, 0.15) is 27.7 Å². The molecule has 0 aliphatic heterocycles. The minimum Gasteiger partial charge on any atom is -0.385 e. The predicted octanol–water partition coefficient (Wildman–Crippen LogP) is 0.404. The van der Waals surface area contributed by atoms with E-state index in [9.17, 15) is 0 Å². The molecule has 0 fully saturated rings. The zero-order valence-electron chi connectivity index (χ0n) is 7.68. The zero-order chi connectivity index (χ0) is 9.07. The molecule has 0 aromatic heterocycles. The van der Waals surface area contributed by atoms with Gasteiger partial charge in [0.05, 0.1) is 0 Å². The van der Waals surface area contributed by atoms with Gasteiger partial charge in [0.1, 0.15) is 5.84 Å². The van der Waals surface area contributed by atoms with Crippen molar-refractivity contribution < 1.29 is 0 Å². The molecule has 0 heterocycles. The first-order chi connectivity index (χ1) is 4.89. The lowest BCUT2D eigenvalue weighted by Gasteiger charge is -2.26. The van der Waals surface area contributed by atoms with E-state index < -0.39 is 0 Å². The molecule has 0 bridgehead atoms. The molecule has 4 heteroatoms. The number of nitrogens with one attached hydrogen (secondary N) is 1. The van der Waals surface area contributed by atoms with Crippen molar-refractivity contribution in [1.29, 1.82) is 0 Å². The van der Waals surface area contributed by atoms with E-state index in [2.05, 4.69) is 31.4 Å². The molecule has 5 N–H and O–H groups in total. The largest absolute Gasteiger partial charge is 0.385 e. The van der Waals surface area contributed by atoms with Crippen LogP contribution in [0.2, 0.25) is 0 Å². The van der Waals surface area contributed by atoms with Crippen molar-refractivity contribution in [2.45, 2.75) is 27.7 Å². The average molecular weight is 158 g/mol. The molecule has 1 unspecified atom stereocenters. The zero-order valence-corrected chi connectivity index (χ0v) is 7.68. The lowest BCUT2D eigenvalue weighted by atomic mass is 9.81. The highest BCUT2D eigenvalue weighted by atomic mass is 15.5. The lowest BCUT2D eigenvalue weighted by Crippen LogP contribution is -2.34. The number of amidine groups is 1. The third-order valence-electron chi connectivity index (χ3n) is 1.94. The Bertz CT molecular complexity index is 145. The van der Waals surface area contributed by atoms with Crippen molar-refractivity contribution >= 4 is 5.84 Å². The highest BCUT2D eigenvalue weighted by Crippen LogP contribution is 2.24. The molecule has 4 nitrogen and oxygen atoms in total. The van der Waals surface area contributed by atoms with Gasteiger partial charge in [0.15, 0.2) is 0 Å². The Morgan fingerprint density at radius 2 is 1.91 bits per heavy atom. The molecule has 1 atom stereocenters. The molecule has 0 spiro atoms. The third kappa shape index (κ3) is 3.23. The van der Waals surface area contributed by atoms with E-state index in [-0.39, 0.29) is 11.3 Å². The van der Waals surface area contributed by atoms with Crippen molar-refractivity contribution in [1.82, 2.24) is 5.53 Å². The van der Waals surface area contributed by atoms with E-state index in [0.29, 0.717) is 5.84 Å². The first-order valence-corrected chi connectivity index (χ1v) is 3.68. The molecular weight excluding hydrogens is 140 g/mol. The van der Waals surface area contributed by atoms with Gasteiger partial charge in [-0.15, -0.1) is 0 Å². The molecule has 11 heavy (non-hydrogen) atoms. The van der Waals surface area contributed by atoms with Crippen molar-refractivity contribution in [2.75, 3.05) is 0 Å². The molecule has 0 radical (unpaired) electrons. The number of hydrogen-bond donors (Lipinski definition) is 3. The Balaban J connectivity index is 4.25. The number of hydrogen-bond acceptors (Lipinski definition) is 3. The van der Waals surface area contributed by atoms with E-state index in [1.54, 1.807) is 0 Å². The Kier molecular flexibility index (Phi) is 3.32. The minimum absolute atomic E-state index is 0.129. The van der Waals surface area contributed by atoms with E-state index in [1.807, 2.05) is 6.92 Å². The number of hydrazone groups is 1. The first-order valence-electron chi connectivity index (χ1n) is 3.68. The van der Waals surface area contributed by atoms with Gasteiger partial charge in [0, 0.05) is 5.92 Å². The lowest BCUT2D eigenvalue weighted by molar-refractivity contribution is 0.330. The van der Waals surface area contributed by atoms with Crippen molar-refractivity contribution in [3.63, 3.8) is 0 Å². The van der Waals surface area contributed by atoms with Gasteiger partial charge in [0.25, 0.3) is 0 Å². The summed E-state index contributed by atoms with van der Waals surface area (Å²) in [6.07, 6.45) is 0. The fourth-order valence-corrected chi connectivity index (χ4v) is 0.615. The summed E-state index contributed by atoms with van der Waals surface area (Å²) in [4.78, 5) is 0. The van der Waals surface area contributed by atoms with Crippen LogP contribution in [0, 0.1) is 11.3 Å². The molecule has 0 saturated carbocycles. The second-order valence-electron chi connectivity index (χ2n) is 3.75. The molecule has 0 aliphatic rings. The van der Waals surface area contributed by atoms with Crippen molar-refractivity contribution in [3.05, 3.63) is 0 Å². The van der Waals surface area contributed by atoms with E-state index >= 15 is 0 Å². The predicted molar refractivity (Wildman–Crippen MR) is 47.6 cm³/mol. The van der Waals surface area contributed by atoms with Gasteiger partial charge in [-0.05, 0) is 5.41 Å². The fraction of sp³-hybridized carbons (Fsp3) is 0.857. The summed E-state index contributed by atoms with van der Waals surface area (Å²) in [6, 6.07) is 0. The fourth-order valence-electron chi connectivity index (χ4n) is 0.615. The maximum absolute atomic E-state index is 5.62. The average Bonchev–Trinajstić information content (AvgIpc) is 1.85. The minimum atomic E-state index is 0.129. The highest BCUT2D eigenvalue weighted by Gasteiger charge is 2.23. The number of hydrazine groups is 1. The maximum Gasteiger partial charge on any atom is 0.124 e. The second-order valence-corrected chi connectivity index (χ2v) is 3.75. The summed E-state index contributed by atoms with van der Waals surface area (Å²) in [7, 11) is 0. The quantitative estimate of drug-likeness (QED) is 0.236. The van der Waals surface area contributed by atoms with Crippen LogP contribution in [0.3, 0.4) is 0 Å². The van der Waals surface area contributed by atoms with Crippen LogP contribution < -0.4 is 17.1 Å². The second kappa shape index (κ2) is 3.57. The smallest absolute Gasteiger partial charge is 0.124 e. The standard InChI is InChI=1S/C7H18N4/c1-5(7(2,3)4)6(8)10-11-9/h5,11H,9H2,1-4H3,(H2,8,10). The molecular formula is C7H18N4. The Morgan fingerprint density at radius 1 is 1.45 bits per heavy atom. The molecule has 0 aliphatic carbocycles. The van der Waals surface area contributed by atoms with Crippen LogP contribution >= 0.6 is 0 Å². The summed E-state index contributed by atoms with van der Waals surface area (Å²) < 4.78 is 0. The topological polar surface area (TPSA) is 76.4 Å². The van der Waals surface area contributed by atoms with Gasteiger partial charge >= 0.3 is 0 Å². The first kappa shape index (κ1) is 10.2. The molecule has 0 saturated heterocycles. The highest BCUT2D eigenvalue weighted by molar-refractivity contribution is 5.82. The summed E-state index contributed by atoms with van der Waals surface area (Å²) in [5.41, 5.74) is 7.93. The van der Waals surface area contributed by atoms with Gasteiger partial charge in [-0.1, -0.05) is 27.7 Å². The van der Waals surface area contributed by atoms with Gasteiger partial charge in [-0.25, -0.2) is 11.4 Å². The van der Waals surface area contributed by atoms with Crippen LogP contribution in [0.4, 0.5) is 0 Å². The third-order valence-corrected chi connectivity index (χ3v) is 1.94. The van der Waals surface area contributed by atoms with Crippen LogP contribution in [-0.4, -0.2) is 5.84 Å². The van der Waals surface area contributed by atoms with E-state index in [4.69, 9.17) is 11.6 Å². The molecule has 0 aromatic rings. The number of rotatable bonds is 2. The van der Waals surface area contributed by atoms with Gasteiger partial charge < -0.3 is 5.73 Å². The Morgan fingerprint density at radius 3 is 2.18 bits per heavy atom. The monoisotopic (exact) mass is 158 g/mol. The molecule has 66 valence electrons. The Labute approximate surface area is 68.0 Å². The van der Waals surface area contributed by atoms with Crippen molar-refractivity contribution in [3.8, 4) is 0 Å². The summed E-state index contributed by atoms with van der Waals surface area (Å²) >= 11 is 0. The molecule has 0 aromatic carbocycles. The van der Waals surface area contributed by atoms with Gasteiger partial charge in [-0.2, -0.15) is 5.10 Å². The van der Waals surface area contributed by atoms with Crippen LogP contribution in [-0.2, 0) is 0 Å². The maximum atomic E-state index is 5.62. The SMILES string of the molecule is CC(/C(N)=N/NN)C(C)(C)C. The van der Waals surface area contributed by atoms with Crippen LogP contribution in [0.5, 0.6) is 0 Å². The van der Waals surface area contributed by atoms with E-state index in [1.165, 1.54) is 0 Å². The normalized spacial score (nSPS) is 16.3. The van der Waals surface area contributed by atoms with Gasteiger partial charge in [-0.3, -0.25) is 0 Å². The van der Waals surface area contributed by atoms with Crippen LogP contribution in [0.15, 0.2) is 5.10 Å².